The van der Waals surface area contributed by atoms with E-state index in [1.165, 1.54) is 18.2 Å². The molecule has 0 aliphatic rings. The van der Waals surface area contributed by atoms with Crippen molar-refractivity contribution in [2.45, 2.75) is 6.18 Å². The van der Waals surface area contributed by atoms with Crippen molar-refractivity contribution in [3.63, 3.8) is 0 Å². The van der Waals surface area contributed by atoms with E-state index >= 15 is 0 Å². The fourth-order valence-electron chi connectivity index (χ4n) is 1.84. The van der Waals surface area contributed by atoms with Gasteiger partial charge in [-0.2, -0.15) is 22.0 Å². The van der Waals surface area contributed by atoms with E-state index in [9.17, 15) is 22.0 Å². The molecule has 0 aromatic heterocycles. The third-order valence-electron chi connectivity index (χ3n) is 2.73. The van der Waals surface area contributed by atoms with E-state index in [2.05, 4.69) is 0 Å². The van der Waals surface area contributed by atoms with Crippen molar-refractivity contribution in [3.05, 3.63) is 77.4 Å². The van der Waals surface area contributed by atoms with Gasteiger partial charge in [0.2, 0.25) is 0 Å². The van der Waals surface area contributed by atoms with Gasteiger partial charge in [-0.3, -0.25) is 0 Å². The molecule has 0 saturated carbocycles. The SMILES string of the molecule is FC(F)=C(c1ccccc1)c1cccc(C(F)(F)F)c1. The quantitative estimate of drug-likeness (QED) is 0.651. The molecule has 0 amide bonds. The first-order chi connectivity index (χ1) is 9.39. The Balaban J connectivity index is 2.56. The summed E-state index contributed by atoms with van der Waals surface area (Å²) in [7, 11) is 0. The highest BCUT2D eigenvalue weighted by atomic mass is 19.4. The lowest BCUT2D eigenvalue weighted by atomic mass is 9.97. The Hall–Kier alpha value is -2.17. The van der Waals surface area contributed by atoms with E-state index in [0.717, 1.165) is 18.2 Å². The molecule has 0 aliphatic heterocycles. The number of alkyl halides is 3. The van der Waals surface area contributed by atoms with Crippen molar-refractivity contribution in [1.82, 2.24) is 0 Å². The van der Waals surface area contributed by atoms with E-state index < -0.39 is 23.4 Å². The van der Waals surface area contributed by atoms with Gasteiger partial charge in [0.25, 0.3) is 6.08 Å². The summed E-state index contributed by atoms with van der Waals surface area (Å²) >= 11 is 0. The number of benzene rings is 2. The molecule has 0 heterocycles. The maximum atomic E-state index is 13.1. The first kappa shape index (κ1) is 14.2. The lowest BCUT2D eigenvalue weighted by Gasteiger charge is -2.11. The Morgan fingerprint density at radius 2 is 1.35 bits per heavy atom. The first-order valence-electron chi connectivity index (χ1n) is 5.68. The monoisotopic (exact) mass is 284 g/mol. The van der Waals surface area contributed by atoms with Gasteiger partial charge in [-0.05, 0) is 23.3 Å². The number of hydrogen-bond donors (Lipinski definition) is 0. The molecule has 0 aliphatic carbocycles. The summed E-state index contributed by atoms with van der Waals surface area (Å²) in [6.07, 6.45) is -6.58. The van der Waals surface area contributed by atoms with Gasteiger partial charge >= 0.3 is 6.18 Å². The van der Waals surface area contributed by atoms with Gasteiger partial charge in [0.15, 0.2) is 0 Å². The highest BCUT2D eigenvalue weighted by molar-refractivity contribution is 5.80. The van der Waals surface area contributed by atoms with Crippen molar-refractivity contribution < 1.29 is 22.0 Å². The van der Waals surface area contributed by atoms with Crippen LogP contribution in [0.5, 0.6) is 0 Å². The smallest absolute Gasteiger partial charge is 0.173 e. The van der Waals surface area contributed by atoms with Crippen molar-refractivity contribution >= 4 is 5.57 Å². The zero-order valence-corrected chi connectivity index (χ0v) is 10.1. The highest BCUT2D eigenvalue weighted by Crippen LogP contribution is 2.34. The van der Waals surface area contributed by atoms with Crippen molar-refractivity contribution in [3.8, 4) is 0 Å². The average molecular weight is 284 g/mol. The fourth-order valence-corrected chi connectivity index (χ4v) is 1.84. The summed E-state index contributed by atoms with van der Waals surface area (Å²) in [6.45, 7) is 0. The number of hydrogen-bond acceptors (Lipinski definition) is 0. The van der Waals surface area contributed by atoms with Crippen LogP contribution in [0.2, 0.25) is 0 Å². The molecular formula is C15H9F5. The molecule has 0 bridgehead atoms. The van der Waals surface area contributed by atoms with Crippen LogP contribution in [0.3, 0.4) is 0 Å². The summed E-state index contributed by atoms with van der Waals surface area (Å²) in [6, 6.07) is 11.5. The Labute approximate surface area is 112 Å². The van der Waals surface area contributed by atoms with Crippen LogP contribution in [-0.2, 0) is 6.18 Å². The Morgan fingerprint density at radius 1 is 0.750 bits per heavy atom. The lowest BCUT2D eigenvalue weighted by Crippen LogP contribution is -2.05. The molecule has 0 fully saturated rings. The normalized spacial score (nSPS) is 11.2. The molecule has 0 atom stereocenters. The van der Waals surface area contributed by atoms with Crippen molar-refractivity contribution in [2.24, 2.45) is 0 Å². The molecule has 5 heteroatoms. The van der Waals surface area contributed by atoms with Crippen molar-refractivity contribution in [1.29, 1.82) is 0 Å². The largest absolute Gasteiger partial charge is 0.416 e. The van der Waals surface area contributed by atoms with Gasteiger partial charge < -0.3 is 0 Å². The molecule has 0 nitrogen and oxygen atoms in total. The molecular weight excluding hydrogens is 275 g/mol. The maximum Gasteiger partial charge on any atom is 0.416 e. The minimum atomic E-state index is -4.56. The van der Waals surface area contributed by atoms with E-state index in [1.807, 2.05) is 0 Å². The third kappa shape index (κ3) is 3.04. The summed E-state index contributed by atoms with van der Waals surface area (Å²) in [4.78, 5) is 0. The van der Waals surface area contributed by atoms with Gasteiger partial charge in [-0.1, -0.05) is 42.5 Å². The van der Waals surface area contributed by atoms with Crippen LogP contribution < -0.4 is 0 Å². The Kier molecular flexibility index (Phi) is 3.88. The summed E-state index contributed by atoms with van der Waals surface area (Å²) in [5, 5.41) is 0. The topological polar surface area (TPSA) is 0 Å². The first-order valence-corrected chi connectivity index (χ1v) is 5.68. The summed E-state index contributed by atoms with van der Waals surface area (Å²) in [5.74, 6) is 0. The molecule has 2 aromatic rings. The second-order valence-corrected chi connectivity index (χ2v) is 4.08. The highest BCUT2D eigenvalue weighted by Gasteiger charge is 2.30. The molecule has 2 aromatic carbocycles. The molecule has 20 heavy (non-hydrogen) atoms. The van der Waals surface area contributed by atoms with E-state index in [4.69, 9.17) is 0 Å². The Morgan fingerprint density at radius 3 is 1.90 bits per heavy atom. The van der Waals surface area contributed by atoms with Gasteiger partial charge in [-0.15, -0.1) is 0 Å². The van der Waals surface area contributed by atoms with Crippen LogP contribution in [-0.4, -0.2) is 0 Å². The summed E-state index contributed by atoms with van der Waals surface area (Å²) in [5.41, 5.74) is -1.43. The molecule has 104 valence electrons. The van der Waals surface area contributed by atoms with Crippen LogP contribution in [0.4, 0.5) is 22.0 Å². The maximum absolute atomic E-state index is 13.1. The minimum absolute atomic E-state index is 0.161. The standard InChI is InChI=1S/C15H9F5/c16-14(17)13(10-5-2-1-3-6-10)11-7-4-8-12(9-11)15(18,19)20/h1-9H. The summed E-state index contributed by atoms with van der Waals surface area (Å²) < 4.78 is 64.1. The fraction of sp³-hybridized carbons (Fsp3) is 0.0667. The zero-order chi connectivity index (χ0) is 14.8. The molecule has 0 unspecified atom stereocenters. The third-order valence-corrected chi connectivity index (χ3v) is 2.73. The van der Waals surface area contributed by atoms with Crippen molar-refractivity contribution in [2.75, 3.05) is 0 Å². The van der Waals surface area contributed by atoms with E-state index in [1.54, 1.807) is 18.2 Å². The van der Waals surface area contributed by atoms with Crippen LogP contribution >= 0.6 is 0 Å². The molecule has 0 spiro atoms. The predicted octanol–water partition coefficient (Wildman–Crippen LogP) is 5.36. The minimum Gasteiger partial charge on any atom is -0.173 e. The molecule has 2 rings (SSSR count). The molecule has 0 saturated heterocycles. The number of rotatable bonds is 2. The second kappa shape index (κ2) is 5.45. The average Bonchev–Trinajstić information content (AvgIpc) is 2.39. The van der Waals surface area contributed by atoms with Gasteiger partial charge in [0.05, 0.1) is 11.1 Å². The van der Waals surface area contributed by atoms with E-state index in [0.29, 0.717) is 0 Å². The second-order valence-electron chi connectivity index (χ2n) is 4.08. The predicted molar refractivity (Wildman–Crippen MR) is 66.1 cm³/mol. The van der Waals surface area contributed by atoms with Crippen LogP contribution in [0.15, 0.2) is 60.7 Å². The molecule has 0 radical (unpaired) electrons. The van der Waals surface area contributed by atoms with Gasteiger partial charge in [0.1, 0.15) is 0 Å². The van der Waals surface area contributed by atoms with Crippen LogP contribution in [0.1, 0.15) is 16.7 Å². The van der Waals surface area contributed by atoms with Crippen LogP contribution in [0.25, 0.3) is 5.57 Å². The number of halogens is 5. The Bertz CT molecular complexity index is 622. The van der Waals surface area contributed by atoms with Gasteiger partial charge in [0, 0.05) is 0 Å². The van der Waals surface area contributed by atoms with Crippen LogP contribution in [0, 0.1) is 0 Å². The van der Waals surface area contributed by atoms with E-state index in [-0.39, 0.29) is 11.1 Å². The lowest BCUT2D eigenvalue weighted by molar-refractivity contribution is -0.137. The zero-order valence-electron chi connectivity index (χ0n) is 10.1. The molecule has 0 N–H and O–H groups in total. The van der Waals surface area contributed by atoms with Gasteiger partial charge in [-0.25, -0.2) is 0 Å².